The molecular weight excluding hydrogens is 244 g/mol. The van der Waals surface area contributed by atoms with Crippen molar-refractivity contribution in [1.29, 1.82) is 0 Å². The first-order chi connectivity index (χ1) is 9.36. The molecule has 1 aliphatic carbocycles. The fourth-order valence-corrected chi connectivity index (χ4v) is 3.91. The zero-order valence-electron chi connectivity index (χ0n) is 14.9. The zero-order chi connectivity index (χ0) is 15.3. The lowest BCUT2D eigenvalue weighted by Gasteiger charge is -2.45. The van der Waals surface area contributed by atoms with Gasteiger partial charge < -0.3 is 5.32 Å². The molecule has 0 aliphatic heterocycles. The van der Waals surface area contributed by atoms with E-state index in [1.54, 1.807) is 0 Å². The average Bonchev–Trinajstić information content (AvgIpc) is 2.37. The van der Waals surface area contributed by atoms with E-state index in [4.69, 9.17) is 0 Å². The van der Waals surface area contributed by atoms with Crippen LogP contribution in [0.1, 0.15) is 67.2 Å². The zero-order valence-corrected chi connectivity index (χ0v) is 14.9. The van der Waals surface area contributed by atoms with Gasteiger partial charge in [-0.15, -0.1) is 0 Å². The molecule has 0 amide bonds. The summed E-state index contributed by atoms with van der Waals surface area (Å²) in [7, 11) is 2.35. The first-order valence-electron chi connectivity index (χ1n) is 8.82. The summed E-state index contributed by atoms with van der Waals surface area (Å²) >= 11 is 0. The van der Waals surface area contributed by atoms with Crippen LogP contribution in [0.4, 0.5) is 0 Å². The third-order valence-corrected chi connectivity index (χ3v) is 5.30. The monoisotopic (exact) mass is 282 g/mol. The van der Waals surface area contributed by atoms with Crippen molar-refractivity contribution in [2.75, 3.05) is 13.6 Å². The molecule has 0 aromatic rings. The molecule has 0 bridgehead atoms. The molecule has 1 fully saturated rings. The normalized spacial score (nSPS) is 29.4. The van der Waals surface area contributed by atoms with Gasteiger partial charge in [-0.25, -0.2) is 0 Å². The van der Waals surface area contributed by atoms with E-state index in [2.05, 4.69) is 58.8 Å². The maximum Gasteiger partial charge on any atom is 0.0251 e. The highest BCUT2D eigenvalue weighted by molar-refractivity contribution is 4.92. The molecule has 0 aromatic heterocycles. The lowest BCUT2D eigenvalue weighted by Crippen LogP contribution is -2.54. The third kappa shape index (κ3) is 5.04. The molecule has 0 spiro atoms. The fraction of sp³-hybridized carbons (Fsp3) is 1.00. The van der Waals surface area contributed by atoms with Gasteiger partial charge in [0.1, 0.15) is 0 Å². The second-order valence-electron chi connectivity index (χ2n) is 7.69. The van der Waals surface area contributed by atoms with Crippen LogP contribution in [0.25, 0.3) is 0 Å². The van der Waals surface area contributed by atoms with Crippen LogP contribution >= 0.6 is 0 Å². The highest BCUT2D eigenvalue weighted by Crippen LogP contribution is 2.33. The first kappa shape index (κ1) is 18.0. The van der Waals surface area contributed by atoms with Crippen molar-refractivity contribution in [1.82, 2.24) is 10.2 Å². The Morgan fingerprint density at radius 2 is 1.75 bits per heavy atom. The van der Waals surface area contributed by atoms with Crippen molar-refractivity contribution >= 4 is 0 Å². The SMILES string of the molecule is CCNC1CCC(C(C)C)CC1N(C)C(C)CC(C)C. The summed E-state index contributed by atoms with van der Waals surface area (Å²) in [6.07, 6.45) is 5.42. The van der Waals surface area contributed by atoms with Gasteiger partial charge >= 0.3 is 0 Å². The highest BCUT2D eigenvalue weighted by atomic mass is 15.2. The molecule has 20 heavy (non-hydrogen) atoms. The van der Waals surface area contributed by atoms with E-state index in [-0.39, 0.29) is 0 Å². The minimum Gasteiger partial charge on any atom is -0.313 e. The van der Waals surface area contributed by atoms with Crippen molar-refractivity contribution in [3.8, 4) is 0 Å². The third-order valence-electron chi connectivity index (χ3n) is 5.30. The lowest BCUT2D eigenvalue weighted by atomic mass is 9.76. The van der Waals surface area contributed by atoms with Crippen LogP contribution in [0.3, 0.4) is 0 Å². The summed E-state index contributed by atoms with van der Waals surface area (Å²) in [6, 6.07) is 2.09. The number of nitrogens with zero attached hydrogens (tertiary/aromatic N) is 1. The Balaban J connectivity index is 2.71. The van der Waals surface area contributed by atoms with Crippen LogP contribution < -0.4 is 5.32 Å². The molecule has 1 N–H and O–H groups in total. The van der Waals surface area contributed by atoms with E-state index < -0.39 is 0 Å². The molecular formula is C18H38N2. The lowest BCUT2D eigenvalue weighted by molar-refractivity contribution is 0.0703. The average molecular weight is 283 g/mol. The van der Waals surface area contributed by atoms with Crippen LogP contribution in [-0.2, 0) is 0 Å². The highest BCUT2D eigenvalue weighted by Gasteiger charge is 2.35. The van der Waals surface area contributed by atoms with Crippen LogP contribution in [-0.4, -0.2) is 36.6 Å². The maximum atomic E-state index is 3.74. The van der Waals surface area contributed by atoms with E-state index in [1.165, 1.54) is 25.7 Å². The summed E-state index contributed by atoms with van der Waals surface area (Å²) in [5.74, 6) is 2.52. The van der Waals surface area contributed by atoms with Gasteiger partial charge in [0.05, 0.1) is 0 Å². The van der Waals surface area contributed by atoms with Gasteiger partial charge in [0, 0.05) is 18.1 Å². The van der Waals surface area contributed by atoms with Gasteiger partial charge in [0.15, 0.2) is 0 Å². The van der Waals surface area contributed by atoms with Crippen LogP contribution in [0.15, 0.2) is 0 Å². The molecule has 0 radical (unpaired) electrons. The van der Waals surface area contributed by atoms with E-state index in [0.29, 0.717) is 18.1 Å². The molecule has 4 unspecified atom stereocenters. The van der Waals surface area contributed by atoms with Crippen LogP contribution in [0.5, 0.6) is 0 Å². The quantitative estimate of drug-likeness (QED) is 0.754. The second kappa shape index (κ2) is 8.38. The summed E-state index contributed by atoms with van der Waals surface area (Å²) in [4.78, 5) is 2.67. The van der Waals surface area contributed by atoms with Gasteiger partial charge in [-0.1, -0.05) is 34.6 Å². The molecule has 120 valence electrons. The van der Waals surface area contributed by atoms with Crippen molar-refractivity contribution < 1.29 is 0 Å². The molecule has 1 saturated carbocycles. The Labute approximate surface area is 127 Å². The number of hydrogen-bond donors (Lipinski definition) is 1. The van der Waals surface area contributed by atoms with Crippen molar-refractivity contribution in [2.45, 2.75) is 85.4 Å². The predicted octanol–water partition coefficient (Wildman–Crippen LogP) is 4.16. The molecule has 2 heteroatoms. The first-order valence-corrected chi connectivity index (χ1v) is 8.82. The van der Waals surface area contributed by atoms with Crippen LogP contribution in [0, 0.1) is 17.8 Å². The molecule has 2 nitrogen and oxygen atoms in total. The molecule has 0 aromatic carbocycles. The van der Waals surface area contributed by atoms with Gasteiger partial charge in [-0.3, -0.25) is 4.90 Å². The van der Waals surface area contributed by atoms with E-state index in [9.17, 15) is 0 Å². The molecule has 1 aliphatic rings. The van der Waals surface area contributed by atoms with E-state index in [1.807, 2.05) is 0 Å². The van der Waals surface area contributed by atoms with Crippen molar-refractivity contribution in [3.05, 3.63) is 0 Å². The number of hydrogen-bond acceptors (Lipinski definition) is 2. The van der Waals surface area contributed by atoms with Crippen LogP contribution in [0.2, 0.25) is 0 Å². The van der Waals surface area contributed by atoms with Crippen molar-refractivity contribution in [3.63, 3.8) is 0 Å². The fourth-order valence-electron chi connectivity index (χ4n) is 3.91. The molecule has 0 heterocycles. The molecule has 4 atom stereocenters. The Morgan fingerprint density at radius 3 is 2.25 bits per heavy atom. The number of nitrogens with one attached hydrogen (secondary N) is 1. The second-order valence-corrected chi connectivity index (χ2v) is 7.69. The predicted molar refractivity (Wildman–Crippen MR) is 90.1 cm³/mol. The smallest absolute Gasteiger partial charge is 0.0251 e. The minimum absolute atomic E-state index is 0.687. The Hall–Kier alpha value is -0.0800. The maximum absolute atomic E-state index is 3.74. The summed E-state index contributed by atoms with van der Waals surface area (Å²) < 4.78 is 0. The van der Waals surface area contributed by atoms with Crippen molar-refractivity contribution in [2.24, 2.45) is 17.8 Å². The number of likely N-dealkylation sites (N-methyl/N-ethyl adjacent to an activating group) is 2. The summed E-state index contributed by atoms with van der Waals surface area (Å²) in [6.45, 7) is 15.2. The molecule has 0 saturated heterocycles. The van der Waals surface area contributed by atoms with Gasteiger partial charge in [-0.2, -0.15) is 0 Å². The number of rotatable bonds is 7. The largest absolute Gasteiger partial charge is 0.313 e. The van der Waals surface area contributed by atoms with Gasteiger partial charge in [0.2, 0.25) is 0 Å². The summed E-state index contributed by atoms with van der Waals surface area (Å²) in [5.41, 5.74) is 0. The topological polar surface area (TPSA) is 15.3 Å². The van der Waals surface area contributed by atoms with E-state index in [0.717, 1.165) is 24.3 Å². The minimum atomic E-state index is 0.687. The van der Waals surface area contributed by atoms with Gasteiger partial charge in [0.25, 0.3) is 0 Å². The Kier molecular flexibility index (Phi) is 7.53. The Bertz CT molecular complexity index is 262. The van der Waals surface area contributed by atoms with E-state index >= 15 is 0 Å². The molecule has 1 rings (SSSR count). The standard InChI is InChI=1S/C18H38N2/c1-8-19-17-10-9-16(14(4)5)12-18(17)20(7)15(6)11-13(2)3/h13-19H,8-12H2,1-7H3. The van der Waals surface area contributed by atoms with Gasteiger partial charge in [-0.05, 0) is 64.0 Å². The summed E-state index contributed by atoms with van der Waals surface area (Å²) in [5, 5.41) is 3.74. The Morgan fingerprint density at radius 1 is 1.10 bits per heavy atom.